The lowest BCUT2D eigenvalue weighted by Crippen LogP contribution is -2.35. The van der Waals surface area contributed by atoms with Crippen LogP contribution in [0.1, 0.15) is 43.6 Å². The van der Waals surface area contributed by atoms with Crippen LogP contribution in [0.3, 0.4) is 0 Å². The first kappa shape index (κ1) is 18.1. The highest BCUT2D eigenvalue weighted by Gasteiger charge is 2.46. The van der Waals surface area contributed by atoms with Crippen LogP contribution in [-0.4, -0.2) is 46.2 Å². The van der Waals surface area contributed by atoms with E-state index in [2.05, 4.69) is 15.3 Å². The van der Waals surface area contributed by atoms with Crippen LogP contribution in [0, 0.1) is 0 Å². The van der Waals surface area contributed by atoms with Crippen molar-refractivity contribution in [3.8, 4) is 0 Å². The van der Waals surface area contributed by atoms with Crippen LogP contribution in [-0.2, 0) is 21.4 Å². The van der Waals surface area contributed by atoms with Crippen LogP contribution >= 0.6 is 0 Å². The highest BCUT2D eigenvalue weighted by atomic mass is 32.2. The normalized spacial score (nSPS) is 21.5. The average molecular weight is 392 g/mol. The summed E-state index contributed by atoms with van der Waals surface area (Å²) in [7, 11) is -3.70. The van der Waals surface area contributed by atoms with E-state index in [9.17, 15) is 13.5 Å². The largest absolute Gasteiger partial charge is 0.379 e. The van der Waals surface area contributed by atoms with E-state index in [0.717, 1.165) is 0 Å². The molecule has 3 heterocycles. The predicted molar refractivity (Wildman–Crippen MR) is 95.1 cm³/mol. The molecule has 1 N–H and O–H groups in total. The van der Waals surface area contributed by atoms with Gasteiger partial charge in [-0.1, -0.05) is 36.3 Å². The minimum absolute atomic E-state index is 0.0489. The summed E-state index contributed by atoms with van der Waals surface area (Å²) in [5, 5.41) is 19.3. The Morgan fingerprint density at radius 3 is 2.78 bits per heavy atom. The van der Waals surface area contributed by atoms with Gasteiger partial charge in [-0.05, 0) is 12.1 Å². The van der Waals surface area contributed by atoms with E-state index in [1.807, 2.05) is 13.8 Å². The lowest BCUT2D eigenvalue weighted by Gasteiger charge is -2.19. The fraction of sp³-hybridized carbons (Fsp3) is 0.471. The molecule has 0 amide bonds. The molecule has 9 nitrogen and oxygen atoms in total. The Morgan fingerprint density at radius 1 is 1.26 bits per heavy atom. The van der Waals surface area contributed by atoms with Crippen molar-refractivity contribution >= 4 is 21.0 Å². The van der Waals surface area contributed by atoms with Gasteiger partial charge >= 0.3 is 0 Å². The summed E-state index contributed by atoms with van der Waals surface area (Å²) in [6.07, 6.45) is 0.186. The van der Waals surface area contributed by atoms with Crippen molar-refractivity contribution in [3.05, 3.63) is 41.7 Å². The fourth-order valence-electron chi connectivity index (χ4n) is 3.14. The molecule has 4 rings (SSSR count). The summed E-state index contributed by atoms with van der Waals surface area (Å²) in [5.41, 5.74) is -0.604. The van der Waals surface area contributed by atoms with E-state index >= 15 is 0 Å². The van der Waals surface area contributed by atoms with Gasteiger partial charge in [-0.3, -0.25) is 0 Å². The number of aliphatic hydroxyl groups is 1. The number of hydrogen-bond acceptors (Lipinski definition) is 8. The first-order valence-corrected chi connectivity index (χ1v) is 10.3. The zero-order valence-electron chi connectivity index (χ0n) is 15.0. The zero-order valence-corrected chi connectivity index (χ0v) is 15.8. The van der Waals surface area contributed by atoms with E-state index in [1.54, 1.807) is 24.3 Å². The lowest BCUT2D eigenvalue weighted by atomic mass is 10.0. The molecule has 0 aliphatic carbocycles. The molecule has 1 atom stereocenters. The van der Waals surface area contributed by atoms with Crippen LogP contribution < -0.4 is 0 Å². The number of rotatable bonds is 5. The number of benzene rings is 1. The second-order valence-corrected chi connectivity index (χ2v) is 9.08. The van der Waals surface area contributed by atoms with E-state index < -0.39 is 15.6 Å². The Labute approximate surface area is 156 Å². The standard InChI is InChI=1S/C17H20N4O5S/c1-11(2)15-18-16(26-20-15)17(22)7-8-21(10-17)27(23,24)9-13-12-5-3-4-6-14(12)25-19-13/h3-6,11,22H,7-10H2,1-2H3/t17-/m0/s1. The number of nitrogens with zero attached hydrogens (tertiary/aromatic N) is 4. The molecule has 0 unspecified atom stereocenters. The van der Waals surface area contributed by atoms with E-state index in [4.69, 9.17) is 9.05 Å². The SMILES string of the molecule is CC(C)c1noc([C@]2(O)CCN(S(=O)(=O)Cc3noc4ccccc34)C2)n1. The molecule has 0 bridgehead atoms. The number of aromatic nitrogens is 3. The maximum atomic E-state index is 12.8. The predicted octanol–water partition coefficient (Wildman–Crippen LogP) is 1.76. The topological polar surface area (TPSA) is 123 Å². The van der Waals surface area contributed by atoms with Crippen molar-refractivity contribution < 1.29 is 22.6 Å². The lowest BCUT2D eigenvalue weighted by molar-refractivity contribution is 0.0194. The first-order valence-electron chi connectivity index (χ1n) is 8.66. The molecule has 0 saturated carbocycles. The van der Waals surface area contributed by atoms with Gasteiger partial charge in [0.25, 0.3) is 5.89 Å². The minimum Gasteiger partial charge on any atom is -0.379 e. The maximum absolute atomic E-state index is 12.8. The maximum Gasteiger partial charge on any atom is 0.260 e. The van der Waals surface area contributed by atoms with Crippen LogP contribution in [0.15, 0.2) is 33.3 Å². The Kier molecular flexibility index (Phi) is 4.28. The second kappa shape index (κ2) is 6.39. The van der Waals surface area contributed by atoms with Gasteiger partial charge in [0.05, 0.1) is 6.54 Å². The smallest absolute Gasteiger partial charge is 0.260 e. The van der Waals surface area contributed by atoms with Gasteiger partial charge < -0.3 is 14.2 Å². The van der Waals surface area contributed by atoms with Gasteiger partial charge in [-0.25, -0.2) is 8.42 Å². The number of para-hydroxylation sites is 1. The number of sulfonamides is 1. The molecule has 144 valence electrons. The molecular weight excluding hydrogens is 372 g/mol. The molecule has 0 radical (unpaired) electrons. The molecular formula is C17H20N4O5S. The molecule has 0 spiro atoms. The molecule has 1 aliphatic heterocycles. The second-order valence-electron chi connectivity index (χ2n) is 7.11. The molecule has 27 heavy (non-hydrogen) atoms. The Bertz CT molecular complexity index is 1070. The van der Waals surface area contributed by atoms with Crippen LogP contribution in [0.25, 0.3) is 11.0 Å². The van der Waals surface area contributed by atoms with Crippen molar-refractivity contribution in [2.24, 2.45) is 0 Å². The van der Waals surface area contributed by atoms with Crippen molar-refractivity contribution in [1.29, 1.82) is 0 Å². The highest BCUT2D eigenvalue weighted by Crippen LogP contribution is 2.34. The van der Waals surface area contributed by atoms with Crippen molar-refractivity contribution in [1.82, 2.24) is 19.6 Å². The number of β-amino-alcohol motifs (C(OH)–C–C–N with tert-alkyl or cyclic N) is 1. The summed E-state index contributed by atoms with van der Waals surface area (Å²) < 4.78 is 37.3. The van der Waals surface area contributed by atoms with Gasteiger partial charge in [0.2, 0.25) is 10.0 Å². The van der Waals surface area contributed by atoms with Crippen molar-refractivity contribution in [3.63, 3.8) is 0 Å². The Hall–Kier alpha value is -2.30. The summed E-state index contributed by atoms with van der Waals surface area (Å²) in [6.45, 7) is 3.84. The van der Waals surface area contributed by atoms with Crippen LogP contribution in [0.4, 0.5) is 0 Å². The van der Waals surface area contributed by atoms with E-state index in [0.29, 0.717) is 22.5 Å². The number of hydrogen-bond donors (Lipinski definition) is 1. The van der Waals surface area contributed by atoms with E-state index in [-0.39, 0.29) is 37.1 Å². The summed E-state index contributed by atoms with van der Waals surface area (Å²) >= 11 is 0. The molecule has 1 aliphatic rings. The van der Waals surface area contributed by atoms with Gasteiger partial charge in [0.1, 0.15) is 11.4 Å². The third kappa shape index (κ3) is 3.24. The number of fused-ring (bicyclic) bond motifs is 1. The molecule has 1 saturated heterocycles. The summed E-state index contributed by atoms with van der Waals surface area (Å²) in [6, 6.07) is 7.09. The Morgan fingerprint density at radius 2 is 2.04 bits per heavy atom. The van der Waals surface area contributed by atoms with Gasteiger partial charge in [0, 0.05) is 24.3 Å². The molecule has 3 aromatic rings. The molecule has 2 aromatic heterocycles. The van der Waals surface area contributed by atoms with Crippen molar-refractivity contribution in [2.75, 3.05) is 13.1 Å². The Balaban J connectivity index is 1.55. The zero-order chi connectivity index (χ0) is 19.2. The van der Waals surface area contributed by atoms with Gasteiger partial charge in [0.15, 0.2) is 17.0 Å². The summed E-state index contributed by atoms with van der Waals surface area (Å²) in [4.78, 5) is 4.22. The third-order valence-electron chi connectivity index (χ3n) is 4.73. The van der Waals surface area contributed by atoms with Crippen molar-refractivity contribution in [2.45, 2.75) is 37.5 Å². The fourth-order valence-corrected chi connectivity index (χ4v) is 4.65. The van der Waals surface area contributed by atoms with Crippen LogP contribution in [0.2, 0.25) is 0 Å². The van der Waals surface area contributed by atoms with Gasteiger partial charge in [-0.15, -0.1) is 0 Å². The van der Waals surface area contributed by atoms with E-state index in [1.165, 1.54) is 4.31 Å². The van der Waals surface area contributed by atoms with Gasteiger partial charge in [-0.2, -0.15) is 9.29 Å². The van der Waals surface area contributed by atoms with Crippen LogP contribution in [0.5, 0.6) is 0 Å². The third-order valence-corrected chi connectivity index (χ3v) is 6.47. The first-order chi connectivity index (χ1) is 12.8. The minimum atomic E-state index is -3.70. The molecule has 1 aromatic carbocycles. The highest BCUT2D eigenvalue weighted by molar-refractivity contribution is 7.88. The molecule has 1 fully saturated rings. The monoisotopic (exact) mass is 392 g/mol. The quantitative estimate of drug-likeness (QED) is 0.697. The summed E-state index contributed by atoms with van der Waals surface area (Å²) in [5.74, 6) is 0.277. The average Bonchev–Trinajstić information content (AvgIpc) is 3.34. The molecule has 10 heteroatoms.